The highest BCUT2D eigenvalue weighted by molar-refractivity contribution is 5.89. The first-order valence-corrected chi connectivity index (χ1v) is 6.86. The largest absolute Gasteiger partial charge is 0.462 e. The molecular weight excluding hydrogens is 274 g/mol. The van der Waals surface area contributed by atoms with Crippen molar-refractivity contribution in [2.75, 3.05) is 38.3 Å². The first-order valence-electron chi connectivity index (χ1n) is 6.86. The fraction of sp³-hybridized carbons (Fsp3) is 0.500. The Hall–Kier alpha value is -2.15. The average Bonchev–Trinajstić information content (AvgIpc) is 2.54. The number of nitrogens with one attached hydrogen (secondary N) is 1. The lowest BCUT2D eigenvalue weighted by Gasteiger charge is -2.35. The van der Waals surface area contributed by atoms with E-state index in [1.54, 1.807) is 26.1 Å². The molecule has 2 heterocycles. The molecule has 1 N–H and O–H groups in total. The van der Waals surface area contributed by atoms with Crippen LogP contribution in [0.5, 0.6) is 0 Å². The van der Waals surface area contributed by atoms with E-state index in [-0.39, 0.29) is 5.91 Å². The maximum absolute atomic E-state index is 11.9. The van der Waals surface area contributed by atoms with Crippen molar-refractivity contribution in [3.63, 3.8) is 0 Å². The Morgan fingerprint density at radius 1 is 1.52 bits per heavy atom. The summed E-state index contributed by atoms with van der Waals surface area (Å²) in [5.74, 6) is 0.118. The maximum Gasteiger partial charge on any atom is 0.339 e. The normalized spacial score (nSPS) is 18.2. The average molecular weight is 293 g/mol. The second-order valence-electron chi connectivity index (χ2n) is 4.52. The monoisotopic (exact) mass is 293 g/mol. The Morgan fingerprint density at radius 2 is 2.33 bits per heavy atom. The second-order valence-corrected chi connectivity index (χ2v) is 4.52. The van der Waals surface area contributed by atoms with E-state index >= 15 is 0 Å². The predicted molar refractivity (Wildman–Crippen MR) is 76.2 cm³/mol. The van der Waals surface area contributed by atoms with E-state index in [2.05, 4.69) is 10.3 Å². The van der Waals surface area contributed by atoms with Crippen molar-refractivity contribution in [3.8, 4) is 0 Å². The number of likely N-dealkylation sites (N-methyl/N-ethyl adjacent to an activating group) is 1. The van der Waals surface area contributed by atoms with Gasteiger partial charge in [0.1, 0.15) is 11.9 Å². The van der Waals surface area contributed by atoms with Gasteiger partial charge in [0.15, 0.2) is 0 Å². The molecule has 0 aromatic carbocycles. The van der Waals surface area contributed by atoms with Gasteiger partial charge in [-0.05, 0) is 19.1 Å². The summed E-state index contributed by atoms with van der Waals surface area (Å²) in [4.78, 5) is 29.6. The number of nitrogens with zero attached hydrogens (tertiary/aromatic N) is 2. The molecule has 0 spiro atoms. The van der Waals surface area contributed by atoms with E-state index in [4.69, 9.17) is 9.47 Å². The number of esters is 1. The van der Waals surface area contributed by atoms with Crippen LogP contribution in [0, 0.1) is 0 Å². The summed E-state index contributed by atoms with van der Waals surface area (Å²) < 4.78 is 10.3. The van der Waals surface area contributed by atoms with Crippen molar-refractivity contribution in [1.29, 1.82) is 0 Å². The van der Waals surface area contributed by atoms with Gasteiger partial charge in [-0.1, -0.05) is 0 Å². The van der Waals surface area contributed by atoms with Crippen LogP contribution in [0.25, 0.3) is 0 Å². The predicted octanol–water partition coefficient (Wildman–Crippen LogP) is 0.210. The Labute approximate surface area is 123 Å². The number of pyridine rings is 1. The van der Waals surface area contributed by atoms with E-state index in [9.17, 15) is 9.59 Å². The number of carbonyl (C=O) groups is 2. The van der Waals surface area contributed by atoms with Crippen molar-refractivity contribution in [2.24, 2.45) is 0 Å². The highest BCUT2D eigenvalue weighted by Gasteiger charge is 2.29. The zero-order chi connectivity index (χ0) is 15.2. The quantitative estimate of drug-likeness (QED) is 0.799. The SMILES string of the molecule is CCOC(=O)c1ccc(N2CCOCC2C(=O)NC)nc1. The Balaban J connectivity index is 2.16. The van der Waals surface area contributed by atoms with Crippen LogP contribution in [0.3, 0.4) is 0 Å². The standard InChI is InChI=1S/C14H19N3O4/c1-3-21-14(19)10-4-5-12(16-8-10)17-6-7-20-9-11(17)13(18)15-2/h4-5,8,11H,3,6-7,9H2,1-2H3,(H,15,18). The lowest BCUT2D eigenvalue weighted by molar-refractivity contribution is -0.124. The maximum atomic E-state index is 11.9. The van der Waals surface area contributed by atoms with E-state index in [0.717, 1.165) is 0 Å². The van der Waals surface area contributed by atoms with Crippen LogP contribution in [-0.4, -0.2) is 56.3 Å². The molecular formula is C14H19N3O4. The molecule has 1 amide bonds. The van der Waals surface area contributed by atoms with Gasteiger partial charge in [0.2, 0.25) is 5.91 Å². The Morgan fingerprint density at radius 3 is 2.95 bits per heavy atom. The third kappa shape index (κ3) is 3.49. The minimum atomic E-state index is -0.412. The summed E-state index contributed by atoms with van der Waals surface area (Å²) in [6.45, 7) is 3.50. The molecule has 0 aliphatic carbocycles. The lowest BCUT2D eigenvalue weighted by Crippen LogP contribution is -2.53. The number of carbonyl (C=O) groups excluding carboxylic acids is 2. The fourth-order valence-corrected chi connectivity index (χ4v) is 2.15. The van der Waals surface area contributed by atoms with Gasteiger partial charge < -0.3 is 19.7 Å². The van der Waals surface area contributed by atoms with Crippen LogP contribution in [0.1, 0.15) is 17.3 Å². The topological polar surface area (TPSA) is 80.8 Å². The number of hydrogen-bond donors (Lipinski definition) is 1. The van der Waals surface area contributed by atoms with E-state index < -0.39 is 12.0 Å². The van der Waals surface area contributed by atoms with Crippen LogP contribution in [0.15, 0.2) is 18.3 Å². The first kappa shape index (κ1) is 15.2. The number of anilines is 1. The molecule has 1 aliphatic heterocycles. The molecule has 1 unspecified atom stereocenters. The van der Waals surface area contributed by atoms with Gasteiger partial charge in [-0.25, -0.2) is 9.78 Å². The van der Waals surface area contributed by atoms with Crippen molar-refractivity contribution in [3.05, 3.63) is 23.9 Å². The molecule has 2 rings (SSSR count). The van der Waals surface area contributed by atoms with Gasteiger partial charge >= 0.3 is 5.97 Å². The van der Waals surface area contributed by atoms with Crippen LogP contribution in [0.4, 0.5) is 5.82 Å². The molecule has 0 bridgehead atoms. The van der Waals surface area contributed by atoms with Gasteiger partial charge in [0, 0.05) is 19.8 Å². The highest BCUT2D eigenvalue weighted by atomic mass is 16.5. The Bertz CT molecular complexity index is 503. The number of ether oxygens (including phenoxy) is 2. The highest BCUT2D eigenvalue weighted by Crippen LogP contribution is 2.18. The van der Waals surface area contributed by atoms with Gasteiger partial charge in [0.05, 0.1) is 25.4 Å². The van der Waals surface area contributed by atoms with Crippen molar-refractivity contribution < 1.29 is 19.1 Å². The Kier molecular flexibility index (Phi) is 5.10. The molecule has 7 nitrogen and oxygen atoms in total. The third-order valence-corrected chi connectivity index (χ3v) is 3.23. The van der Waals surface area contributed by atoms with Gasteiger partial charge in [0.25, 0.3) is 0 Å². The van der Waals surface area contributed by atoms with Crippen LogP contribution >= 0.6 is 0 Å². The molecule has 1 aromatic rings. The van der Waals surface area contributed by atoms with Gasteiger partial charge in [-0.3, -0.25) is 4.79 Å². The lowest BCUT2D eigenvalue weighted by atomic mass is 10.2. The number of rotatable bonds is 4. The summed E-state index contributed by atoms with van der Waals surface area (Å²) >= 11 is 0. The molecule has 1 atom stereocenters. The van der Waals surface area contributed by atoms with Crippen LogP contribution in [0.2, 0.25) is 0 Å². The van der Waals surface area contributed by atoms with E-state index in [1.807, 2.05) is 4.90 Å². The van der Waals surface area contributed by atoms with Gasteiger partial charge in [-0.15, -0.1) is 0 Å². The van der Waals surface area contributed by atoms with Crippen molar-refractivity contribution in [2.45, 2.75) is 13.0 Å². The summed E-state index contributed by atoms with van der Waals surface area (Å²) in [6, 6.07) is 2.95. The van der Waals surface area contributed by atoms with Crippen LogP contribution in [-0.2, 0) is 14.3 Å². The molecule has 7 heteroatoms. The molecule has 0 saturated carbocycles. The first-order chi connectivity index (χ1) is 10.2. The zero-order valence-corrected chi connectivity index (χ0v) is 12.2. The fourth-order valence-electron chi connectivity index (χ4n) is 2.15. The number of aromatic nitrogens is 1. The molecule has 1 fully saturated rings. The summed E-state index contributed by atoms with van der Waals surface area (Å²) in [6.07, 6.45) is 1.46. The molecule has 1 aliphatic rings. The second kappa shape index (κ2) is 7.03. The zero-order valence-electron chi connectivity index (χ0n) is 12.2. The molecule has 21 heavy (non-hydrogen) atoms. The van der Waals surface area contributed by atoms with E-state index in [0.29, 0.717) is 37.7 Å². The molecule has 1 aromatic heterocycles. The minimum absolute atomic E-state index is 0.119. The number of hydrogen-bond acceptors (Lipinski definition) is 6. The number of amides is 1. The number of morpholine rings is 1. The molecule has 0 radical (unpaired) electrons. The summed E-state index contributed by atoms with van der Waals surface area (Å²) in [5.41, 5.74) is 0.394. The third-order valence-electron chi connectivity index (χ3n) is 3.23. The van der Waals surface area contributed by atoms with Crippen molar-refractivity contribution in [1.82, 2.24) is 10.3 Å². The summed E-state index contributed by atoms with van der Waals surface area (Å²) in [7, 11) is 1.59. The van der Waals surface area contributed by atoms with Gasteiger partial charge in [-0.2, -0.15) is 0 Å². The van der Waals surface area contributed by atoms with Crippen LogP contribution < -0.4 is 10.2 Å². The molecule has 1 saturated heterocycles. The van der Waals surface area contributed by atoms with Crippen molar-refractivity contribution >= 4 is 17.7 Å². The summed E-state index contributed by atoms with van der Waals surface area (Å²) in [5, 5.41) is 2.62. The smallest absolute Gasteiger partial charge is 0.339 e. The van der Waals surface area contributed by atoms with E-state index in [1.165, 1.54) is 6.20 Å². The molecule has 114 valence electrons. The minimum Gasteiger partial charge on any atom is -0.462 e.